The van der Waals surface area contributed by atoms with Crippen molar-refractivity contribution in [2.45, 2.75) is 13.0 Å². The molecule has 6 heteroatoms. The summed E-state index contributed by atoms with van der Waals surface area (Å²) in [5, 5.41) is 5.60. The Labute approximate surface area is 126 Å². The zero-order valence-corrected chi connectivity index (χ0v) is 12.4. The van der Waals surface area contributed by atoms with Crippen LogP contribution in [0.2, 0.25) is 0 Å². The van der Waals surface area contributed by atoms with Gasteiger partial charge in [0.25, 0.3) is 0 Å². The van der Waals surface area contributed by atoms with Crippen LogP contribution >= 0.6 is 11.3 Å². The number of carbonyl (C=O) groups excluding carboxylic acids is 1. The highest BCUT2D eigenvalue weighted by atomic mass is 32.1. The van der Waals surface area contributed by atoms with Gasteiger partial charge in [-0.25, -0.2) is 4.98 Å². The minimum Gasteiger partial charge on any atom is -0.467 e. The number of rotatable bonds is 5. The maximum absolute atomic E-state index is 11.9. The molecular weight excluding hydrogens is 286 g/mol. The molecule has 21 heavy (non-hydrogen) atoms. The van der Waals surface area contributed by atoms with Crippen LogP contribution in [-0.4, -0.2) is 15.5 Å². The standard InChI is InChI=1S/C15H15N3O2S/c1-18-6-2-5-13(18)12-10-21-15(17-12)8-14(19)16-9-11-4-3-7-20-11/h2-7,10H,8-9H2,1H3,(H,16,19). The van der Waals surface area contributed by atoms with Crippen LogP contribution in [-0.2, 0) is 24.8 Å². The van der Waals surface area contributed by atoms with Gasteiger partial charge in [-0.3, -0.25) is 4.79 Å². The summed E-state index contributed by atoms with van der Waals surface area (Å²) in [6.45, 7) is 0.405. The van der Waals surface area contributed by atoms with Crippen LogP contribution in [0.25, 0.3) is 11.4 Å². The second kappa shape index (κ2) is 5.97. The number of aromatic nitrogens is 2. The molecule has 0 unspecified atom stereocenters. The quantitative estimate of drug-likeness (QED) is 0.788. The number of nitrogens with one attached hydrogen (secondary N) is 1. The molecule has 108 valence electrons. The van der Waals surface area contributed by atoms with Gasteiger partial charge in [0.1, 0.15) is 10.8 Å². The van der Waals surface area contributed by atoms with Gasteiger partial charge < -0.3 is 14.3 Å². The molecule has 0 saturated carbocycles. The van der Waals surface area contributed by atoms with Crippen molar-refractivity contribution >= 4 is 17.2 Å². The monoisotopic (exact) mass is 301 g/mol. The van der Waals surface area contributed by atoms with Crippen LogP contribution in [0.1, 0.15) is 10.8 Å². The second-order valence-electron chi connectivity index (χ2n) is 4.66. The number of aryl methyl sites for hydroxylation is 1. The maximum atomic E-state index is 11.9. The third kappa shape index (κ3) is 3.22. The molecule has 1 amide bonds. The molecule has 0 saturated heterocycles. The third-order valence-corrected chi connectivity index (χ3v) is 3.96. The van der Waals surface area contributed by atoms with E-state index in [0.717, 1.165) is 22.2 Å². The first-order valence-electron chi connectivity index (χ1n) is 6.57. The molecule has 3 aromatic rings. The first kappa shape index (κ1) is 13.6. The topological polar surface area (TPSA) is 60.1 Å². The average Bonchev–Trinajstić information content (AvgIpc) is 3.17. The van der Waals surface area contributed by atoms with Crippen LogP contribution in [0.4, 0.5) is 0 Å². The summed E-state index contributed by atoms with van der Waals surface area (Å²) in [5.41, 5.74) is 1.95. The van der Waals surface area contributed by atoms with Crippen molar-refractivity contribution in [1.82, 2.24) is 14.9 Å². The Hall–Kier alpha value is -2.34. The Morgan fingerprint density at radius 2 is 2.33 bits per heavy atom. The molecule has 0 radical (unpaired) electrons. The summed E-state index contributed by atoms with van der Waals surface area (Å²) in [4.78, 5) is 16.4. The van der Waals surface area contributed by atoms with Crippen LogP contribution in [0, 0.1) is 0 Å². The van der Waals surface area contributed by atoms with E-state index in [1.54, 1.807) is 12.3 Å². The SMILES string of the molecule is Cn1cccc1-c1csc(CC(=O)NCc2ccco2)n1. The molecule has 1 N–H and O–H groups in total. The lowest BCUT2D eigenvalue weighted by Crippen LogP contribution is -2.24. The summed E-state index contributed by atoms with van der Waals surface area (Å²) >= 11 is 1.50. The van der Waals surface area contributed by atoms with E-state index >= 15 is 0 Å². The van der Waals surface area contributed by atoms with Gasteiger partial charge in [-0.15, -0.1) is 11.3 Å². The molecular formula is C15H15N3O2S. The molecule has 0 fully saturated rings. The fourth-order valence-corrected chi connectivity index (χ4v) is 2.82. The van der Waals surface area contributed by atoms with E-state index in [9.17, 15) is 4.79 Å². The molecule has 0 aromatic carbocycles. The fraction of sp³-hybridized carbons (Fsp3) is 0.200. The maximum Gasteiger partial charge on any atom is 0.227 e. The largest absolute Gasteiger partial charge is 0.467 e. The summed E-state index contributed by atoms with van der Waals surface area (Å²) in [7, 11) is 1.98. The Bertz CT molecular complexity index is 728. The highest BCUT2D eigenvalue weighted by molar-refractivity contribution is 7.10. The molecule has 3 rings (SSSR count). The Morgan fingerprint density at radius 3 is 3.05 bits per heavy atom. The predicted octanol–water partition coefficient (Wildman–Crippen LogP) is 2.60. The van der Waals surface area contributed by atoms with Crippen molar-refractivity contribution in [2.75, 3.05) is 0 Å². The number of hydrogen-bond acceptors (Lipinski definition) is 4. The molecule has 0 bridgehead atoms. The normalized spacial score (nSPS) is 10.7. The van der Waals surface area contributed by atoms with Gasteiger partial charge in [0.2, 0.25) is 5.91 Å². The smallest absolute Gasteiger partial charge is 0.227 e. The molecule has 5 nitrogen and oxygen atoms in total. The number of nitrogens with zero attached hydrogens (tertiary/aromatic N) is 2. The van der Waals surface area contributed by atoms with Gasteiger partial charge >= 0.3 is 0 Å². The Morgan fingerprint density at radius 1 is 1.43 bits per heavy atom. The summed E-state index contributed by atoms with van der Waals surface area (Å²) < 4.78 is 7.18. The van der Waals surface area contributed by atoms with E-state index in [-0.39, 0.29) is 12.3 Å². The van der Waals surface area contributed by atoms with Gasteiger partial charge in [-0.2, -0.15) is 0 Å². The van der Waals surface area contributed by atoms with Crippen molar-refractivity contribution in [1.29, 1.82) is 0 Å². The van der Waals surface area contributed by atoms with Crippen molar-refractivity contribution in [3.8, 4) is 11.4 Å². The third-order valence-electron chi connectivity index (χ3n) is 3.11. The average molecular weight is 301 g/mol. The van der Waals surface area contributed by atoms with Gasteiger partial charge in [0, 0.05) is 18.6 Å². The minimum absolute atomic E-state index is 0.0563. The molecule has 3 aromatic heterocycles. The lowest BCUT2D eigenvalue weighted by atomic mass is 10.3. The molecule has 0 spiro atoms. The zero-order chi connectivity index (χ0) is 14.7. The number of thiazole rings is 1. The molecule has 0 aliphatic carbocycles. The minimum atomic E-state index is -0.0563. The summed E-state index contributed by atoms with van der Waals surface area (Å²) in [6, 6.07) is 7.62. The van der Waals surface area contributed by atoms with Crippen molar-refractivity contribution in [3.05, 3.63) is 52.9 Å². The van der Waals surface area contributed by atoms with Crippen LogP contribution < -0.4 is 5.32 Å². The number of carbonyl (C=O) groups is 1. The van der Waals surface area contributed by atoms with Gasteiger partial charge in [-0.05, 0) is 24.3 Å². The van der Waals surface area contributed by atoms with E-state index in [1.807, 2.05) is 41.4 Å². The summed E-state index contributed by atoms with van der Waals surface area (Å²) in [6.07, 6.45) is 3.86. The Balaban J connectivity index is 1.59. The summed E-state index contributed by atoms with van der Waals surface area (Å²) in [5.74, 6) is 0.686. The van der Waals surface area contributed by atoms with Crippen molar-refractivity contribution < 1.29 is 9.21 Å². The van der Waals surface area contributed by atoms with Crippen molar-refractivity contribution in [2.24, 2.45) is 7.05 Å². The fourth-order valence-electron chi connectivity index (χ4n) is 2.04. The molecule has 0 atom stereocenters. The number of hydrogen-bond donors (Lipinski definition) is 1. The van der Waals surface area contributed by atoms with Crippen LogP contribution in [0.3, 0.4) is 0 Å². The van der Waals surface area contributed by atoms with E-state index < -0.39 is 0 Å². The highest BCUT2D eigenvalue weighted by Crippen LogP contribution is 2.22. The van der Waals surface area contributed by atoms with Gasteiger partial charge in [-0.1, -0.05) is 0 Å². The highest BCUT2D eigenvalue weighted by Gasteiger charge is 2.10. The van der Waals surface area contributed by atoms with Gasteiger partial charge in [0.15, 0.2) is 0 Å². The zero-order valence-electron chi connectivity index (χ0n) is 11.6. The molecule has 0 aliphatic heterocycles. The van der Waals surface area contributed by atoms with E-state index in [0.29, 0.717) is 6.54 Å². The van der Waals surface area contributed by atoms with E-state index in [4.69, 9.17) is 4.42 Å². The van der Waals surface area contributed by atoms with Crippen molar-refractivity contribution in [3.63, 3.8) is 0 Å². The van der Waals surface area contributed by atoms with E-state index in [1.165, 1.54) is 11.3 Å². The van der Waals surface area contributed by atoms with Gasteiger partial charge in [0.05, 0.1) is 30.6 Å². The van der Waals surface area contributed by atoms with E-state index in [2.05, 4.69) is 10.3 Å². The number of amides is 1. The van der Waals surface area contributed by atoms with Crippen LogP contribution in [0.5, 0.6) is 0 Å². The Kier molecular flexibility index (Phi) is 3.87. The predicted molar refractivity (Wildman–Crippen MR) is 80.8 cm³/mol. The lowest BCUT2D eigenvalue weighted by Gasteiger charge is -2.01. The molecule has 0 aliphatic rings. The van der Waals surface area contributed by atoms with Crippen LogP contribution in [0.15, 0.2) is 46.5 Å². The first-order valence-corrected chi connectivity index (χ1v) is 7.45. The number of furan rings is 1. The lowest BCUT2D eigenvalue weighted by molar-refractivity contribution is -0.120. The first-order chi connectivity index (χ1) is 10.2. The second-order valence-corrected chi connectivity index (χ2v) is 5.61. The molecule has 3 heterocycles.